The van der Waals surface area contributed by atoms with Crippen LogP contribution in [0.4, 0.5) is 9.18 Å². The van der Waals surface area contributed by atoms with Crippen LogP contribution in [0.5, 0.6) is 0 Å². The molecule has 130 valence electrons. The summed E-state index contributed by atoms with van der Waals surface area (Å²) < 4.78 is 18.6. The van der Waals surface area contributed by atoms with Crippen molar-refractivity contribution in [3.63, 3.8) is 0 Å². The number of halogens is 1. The minimum absolute atomic E-state index is 0.0732. The van der Waals surface area contributed by atoms with Crippen molar-refractivity contribution in [3.8, 4) is 0 Å². The molecule has 1 aromatic carbocycles. The van der Waals surface area contributed by atoms with Gasteiger partial charge in [0.25, 0.3) is 0 Å². The summed E-state index contributed by atoms with van der Waals surface area (Å²) >= 11 is 0. The molecule has 1 rings (SSSR count). The van der Waals surface area contributed by atoms with Gasteiger partial charge < -0.3 is 25.4 Å². The van der Waals surface area contributed by atoms with Crippen molar-refractivity contribution in [2.24, 2.45) is 0 Å². The molecule has 0 aliphatic heterocycles. The molecule has 1 aromatic rings. The third kappa shape index (κ3) is 6.52. The van der Waals surface area contributed by atoms with Crippen LogP contribution < -0.4 is 5.32 Å². The highest BCUT2D eigenvalue weighted by atomic mass is 19.1. The Kier molecular flexibility index (Phi) is 6.93. The normalized spacial score (nSPS) is 14.2. The number of aliphatic hydroxyl groups is 3. The van der Waals surface area contributed by atoms with E-state index in [1.807, 2.05) is 0 Å². The Morgan fingerprint density at radius 3 is 2.52 bits per heavy atom. The molecule has 0 radical (unpaired) electrons. The number of amides is 1. The Hall–Kier alpha value is -1.70. The van der Waals surface area contributed by atoms with Crippen molar-refractivity contribution in [2.45, 2.75) is 51.6 Å². The van der Waals surface area contributed by atoms with Gasteiger partial charge in [0, 0.05) is 12.1 Å². The first kappa shape index (κ1) is 19.3. The summed E-state index contributed by atoms with van der Waals surface area (Å²) in [4.78, 5) is 11.4. The summed E-state index contributed by atoms with van der Waals surface area (Å²) in [5.74, 6) is -0.650. The Morgan fingerprint density at radius 2 is 2.00 bits per heavy atom. The van der Waals surface area contributed by atoms with E-state index in [-0.39, 0.29) is 24.1 Å². The lowest BCUT2D eigenvalue weighted by Crippen LogP contribution is -2.34. The van der Waals surface area contributed by atoms with E-state index in [2.05, 4.69) is 5.32 Å². The van der Waals surface area contributed by atoms with E-state index in [4.69, 9.17) is 9.84 Å². The molecule has 0 fully saturated rings. The molecule has 7 heteroatoms. The van der Waals surface area contributed by atoms with E-state index in [0.717, 1.165) is 6.07 Å². The van der Waals surface area contributed by atoms with Gasteiger partial charge in [-0.1, -0.05) is 12.1 Å². The molecule has 0 bridgehead atoms. The second-order valence-corrected chi connectivity index (χ2v) is 6.24. The van der Waals surface area contributed by atoms with Crippen molar-refractivity contribution < 1.29 is 29.2 Å². The summed E-state index contributed by atoms with van der Waals surface area (Å²) in [6, 6.07) is 3.85. The van der Waals surface area contributed by atoms with Gasteiger partial charge in [-0.15, -0.1) is 0 Å². The first-order valence-electron chi connectivity index (χ1n) is 7.36. The maximum Gasteiger partial charge on any atom is 0.407 e. The zero-order valence-electron chi connectivity index (χ0n) is 13.5. The topological polar surface area (TPSA) is 99.0 Å². The standard InChI is InChI=1S/C16H24FNO5/c1-16(2,3)23-15(22)18-7-6-13(20)14(21)10-4-5-11(9-19)12(17)8-10/h4-5,8,13-14,19-21H,6-7,9H2,1-3H3,(H,18,22). The van der Waals surface area contributed by atoms with E-state index in [1.54, 1.807) is 20.8 Å². The van der Waals surface area contributed by atoms with Crippen molar-refractivity contribution in [1.29, 1.82) is 0 Å². The van der Waals surface area contributed by atoms with Crippen LogP contribution in [0.1, 0.15) is 44.4 Å². The van der Waals surface area contributed by atoms with E-state index in [1.165, 1.54) is 12.1 Å². The minimum atomic E-state index is -1.29. The second-order valence-electron chi connectivity index (χ2n) is 6.24. The van der Waals surface area contributed by atoms with Gasteiger partial charge in [-0.05, 0) is 38.8 Å². The molecule has 4 N–H and O–H groups in total. The van der Waals surface area contributed by atoms with Crippen molar-refractivity contribution in [2.75, 3.05) is 6.54 Å². The number of rotatable bonds is 6. The van der Waals surface area contributed by atoms with Crippen molar-refractivity contribution in [1.82, 2.24) is 5.32 Å². The number of benzene rings is 1. The monoisotopic (exact) mass is 329 g/mol. The predicted octanol–water partition coefficient (Wildman–Crippen LogP) is 1.63. The zero-order chi connectivity index (χ0) is 17.6. The Balaban J connectivity index is 2.49. The smallest absolute Gasteiger partial charge is 0.407 e. The van der Waals surface area contributed by atoms with Gasteiger partial charge in [-0.3, -0.25) is 0 Å². The molecule has 23 heavy (non-hydrogen) atoms. The molecule has 0 spiro atoms. The van der Waals surface area contributed by atoms with Crippen LogP contribution in [0.3, 0.4) is 0 Å². The van der Waals surface area contributed by atoms with Gasteiger partial charge in [0.2, 0.25) is 0 Å². The average molecular weight is 329 g/mol. The van der Waals surface area contributed by atoms with Crippen LogP contribution in [0.25, 0.3) is 0 Å². The molecule has 6 nitrogen and oxygen atoms in total. The molecule has 1 amide bonds. The SMILES string of the molecule is CC(C)(C)OC(=O)NCCC(O)C(O)c1ccc(CO)c(F)c1. The molecule has 0 saturated carbocycles. The Morgan fingerprint density at radius 1 is 1.35 bits per heavy atom. The largest absolute Gasteiger partial charge is 0.444 e. The lowest BCUT2D eigenvalue weighted by atomic mass is 10.0. The number of aliphatic hydroxyl groups excluding tert-OH is 3. The molecule has 0 aromatic heterocycles. The molecule has 2 atom stereocenters. The molecular weight excluding hydrogens is 305 g/mol. The fraction of sp³-hybridized carbons (Fsp3) is 0.562. The number of hydrogen-bond acceptors (Lipinski definition) is 5. The minimum Gasteiger partial charge on any atom is -0.444 e. The van der Waals surface area contributed by atoms with Crippen LogP contribution in [0.2, 0.25) is 0 Å². The summed E-state index contributed by atoms with van der Waals surface area (Å²) in [5, 5.41) is 31.3. The molecule has 2 unspecified atom stereocenters. The van der Waals surface area contributed by atoms with E-state index in [9.17, 15) is 19.4 Å². The zero-order valence-corrected chi connectivity index (χ0v) is 13.5. The van der Waals surface area contributed by atoms with E-state index in [0.29, 0.717) is 0 Å². The molecule has 0 saturated heterocycles. The van der Waals surface area contributed by atoms with Crippen LogP contribution in [0, 0.1) is 5.82 Å². The lowest BCUT2D eigenvalue weighted by Gasteiger charge is -2.21. The maximum absolute atomic E-state index is 13.6. The van der Waals surface area contributed by atoms with Crippen LogP contribution in [-0.4, -0.2) is 39.7 Å². The average Bonchev–Trinajstić information content (AvgIpc) is 2.44. The lowest BCUT2D eigenvalue weighted by molar-refractivity contribution is 0.0121. The number of nitrogens with one attached hydrogen (secondary N) is 1. The summed E-state index contributed by atoms with van der Waals surface area (Å²) in [5.41, 5.74) is -0.305. The number of ether oxygens (including phenoxy) is 1. The first-order chi connectivity index (χ1) is 10.6. The van der Waals surface area contributed by atoms with Gasteiger partial charge in [0.1, 0.15) is 17.5 Å². The van der Waals surface area contributed by atoms with Crippen LogP contribution in [0.15, 0.2) is 18.2 Å². The van der Waals surface area contributed by atoms with Crippen molar-refractivity contribution >= 4 is 6.09 Å². The van der Waals surface area contributed by atoms with E-state index < -0.39 is 36.3 Å². The maximum atomic E-state index is 13.6. The predicted molar refractivity (Wildman–Crippen MR) is 82.1 cm³/mol. The van der Waals surface area contributed by atoms with Crippen LogP contribution >= 0.6 is 0 Å². The van der Waals surface area contributed by atoms with Gasteiger partial charge in [0.15, 0.2) is 0 Å². The fourth-order valence-electron chi connectivity index (χ4n) is 1.89. The number of carbonyl (C=O) groups is 1. The Bertz CT molecular complexity index is 530. The summed E-state index contributed by atoms with van der Waals surface area (Å²) in [6.45, 7) is 4.86. The summed E-state index contributed by atoms with van der Waals surface area (Å²) in [7, 11) is 0. The van der Waals surface area contributed by atoms with Gasteiger partial charge in [-0.2, -0.15) is 0 Å². The highest BCUT2D eigenvalue weighted by Crippen LogP contribution is 2.21. The number of hydrogen-bond donors (Lipinski definition) is 4. The first-order valence-corrected chi connectivity index (χ1v) is 7.36. The Labute approximate surface area is 134 Å². The fourth-order valence-corrected chi connectivity index (χ4v) is 1.89. The van der Waals surface area contributed by atoms with E-state index >= 15 is 0 Å². The van der Waals surface area contributed by atoms with Crippen LogP contribution in [-0.2, 0) is 11.3 Å². The molecular formula is C16H24FNO5. The highest BCUT2D eigenvalue weighted by molar-refractivity contribution is 5.67. The molecule has 0 heterocycles. The van der Waals surface area contributed by atoms with Gasteiger partial charge in [-0.25, -0.2) is 9.18 Å². The molecule has 0 aliphatic rings. The van der Waals surface area contributed by atoms with Crippen molar-refractivity contribution in [3.05, 3.63) is 35.1 Å². The third-order valence-electron chi connectivity index (χ3n) is 3.06. The highest BCUT2D eigenvalue weighted by Gasteiger charge is 2.20. The second kappa shape index (κ2) is 8.24. The third-order valence-corrected chi connectivity index (χ3v) is 3.06. The quantitative estimate of drug-likeness (QED) is 0.636. The van der Waals surface area contributed by atoms with Gasteiger partial charge in [0.05, 0.1) is 12.7 Å². The number of alkyl carbamates (subject to hydrolysis) is 1. The molecule has 0 aliphatic carbocycles. The summed E-state index contributed by atoms with van der Waals surface area (Å²) in [6.07, 6.45) is -3.01. The van der Waals surface area contributed by atoms with Gasteiger partial charge >= 0.3 is 6.09 Å². The number of carbonyl (C=O) groups excluding carboxylic acids is 1.